The van der Waals surface area contributed by atoms with Crippen LogP contribution in [0.1, 0.15) is 16.7 Å². The summed E-state index contributed by atoms with van der Waals surface area (Å²) in [7, 11) is 0. The Hall–Kier alpha value is -2.09. The molecule has 0 radical (unpaired) electrons. The third-order valence-electron chi connectivity index (χ3n) is 4.10. The first-order valence-corrected chi connectivity index (χ1v) is 7.64. The molecule has 0 amide bonds. The van der Waals surface area contributed by atoms with Gasteiger partial charge in [-0.2, -0.15) is 0 Å². The van der Waals surface area contributed by atoms with E-state index in [1.807, 2.05) is 84.9 Å². The second-order valence-corrected chi connectivity index (χ2v) is 5.68. The second-order valence-electron chi connectivity index (χ2n) is 5.28. The van der Waals surface area contributed by atoms with E-state index >= 15 is 0 Å². The van der Waals surface area contributed by atoms with Crippen LogP contribution in [-0.4, -0.2) is 11.7 Å². The van der Waals surface area contributed by atoms with E-state index in [9.17, 15) is 5.11 Å². The zero-order chi connectivity index (χ0) is 15.4. The Kier molecular flexibility index (Phi) is 4.28. The fraction of sp³-hybridized carbons (Fsp3) is 0.100. The predicted octanol–water partition coefficient (Wildman–Crippen LogP) is 4.67. The Morgan fingerprint density at radius 1 is 0.682 bits per heavy atom. The maximum absolute atomic E-state index is 10.4. The maximum atomic E-state index is 10.4. The summed E-state index contributed by atoms with van der Waals surface area (Å²) in [4.78, 5) is 0. The van der Waals surface area contributed by atoms with Gasteiger partial charge in [0.05, 0.1) is 12.0 Å². The van der Waals surface area contributed by atoms with Crippen molar-refractivity contribution in [3.05, 3.63) is 107 Å². The molecule has 1 N–H and O–H groups in total. The number of aliphatic hydroxyl groups is 1. The SMILES string of the molecule is OCC(c1ccccc1)(c1ccccc1)c1ccccc1Cl. The normalized spacial score (nSPS) is 11.4. The van der Waals surface area contributed by atoms with Crippen molar-refractivity contribution in [1.82, 2.24) is 0 Å². The van der Waals surface area contributed by atoms with Crippen LogP contribution >= 0.6 is 11.6 Å². The van der Waals surface area contributed by atoms with Gasteiger partial charge in [0.25, 0.3) is 0 Å². The van der Waals surface area contributed by atoms with Gasteiger partial charge in [-0.25, -0.2) is 0 Å². The van der Waals surface area contributed by atoms with Gasteiger partial charge >= 0.3 is 0 Å². The topological polar surface area (TPSA) is 20.2 Å². The Morgan fingerprint density at radius 3 is 1.59 bits per heavy atom. The van der Waals surface area contributed by atoms with E-state index in [1.165, 1.54) is 0 Å². The lowest BCUT2D eigenvalue weighted by Gasteiger charge is -2.34. The summed E-state index contributed by atoms with van der Waals surface area (Å²) in [6.45, 7) is -0.0508. The molecule has 2 heteroatoms. The summed E-state index contributed by atoms with van der Waals surface area (Å²) >= 11 is 6.48. The van der Waals surface area contributed by atoms with E-state index in [-0.39, 0.29) is 6.61 Å². The van der Waals surface area contributed by atoms with Crippen molar-refractivity contribution < 1.29 is 5.11 Å². The lowest BCUT2D eigenvalue weighted by molar-refractivity contribution is 0.243. The third kappa shape index (κ3) is 2.43. The molecule has 0 aliphatic carbocycles. The fourth-order valence-corrected chi connectivity index (χ4v) is 3.30. The lowest BCUT2D eigenvalue weighted by atomic mass is 9.70. The molecule has 0 saturated carbocycles. The van der Waals surface area contributed by atoms with Crippen LogP contribution in [0.5, 0.6) is 0 Å². The number of benzene rings is 3. The minimum absolute atomic E-state index is 0.0508. The lowest BCUT2D eigenvalue weighted by Crippen LogP contribution is -2.33. The Bertz CT molecular complexity index is 698. The van der Waals surface area contributed by atoms with E-state index in [1.54, 1.807) is 0 Å². The minimum atomic E-state index is -0.666. The molecule has 22 heavy (non-hydrogen) atoms. The van der Waals surface area contributed by atoms with Crippen LogP contribution in [0.3, 0.4) is 0 Å². The molecule has 0 aliphatic rings. The smallest absolute Gasteiger partial charge is 0.0696 e. The van der Waals surface area contributed by atoms with Crippen LogP contribution in [0.15, 0.2) is 84.9 Å². The number of aliphatic hydroxyl groups excluding tert-OH is 1. The third-order valence-corrected chi connectivity index (χ3v) is 4.43. The summed E-state index contributed by atoms with van der Waals surface area (Å²) in [5.74, 6) is 0. The van der Waals surface area contributed by atoms with Crippen LogP contribution in [0.4, 0.5) is 0 Å². The molecule has 0 atom stereocenters. The first-order valence-electron chi connectivity index (χ1n) is 7.26. The zero-order valence-electron chi connectivity index (χ0n) is 12.1. The van der Waals surface area contributed by atoms with Gasteiger partial charge in [-0.15, -0.1) is 0 Å². The summed E-state index contributed by atoms with van der Waals surface area (Å²) in [6, 6.07) is 27.7. The Balaban J connectivity index is 2.34. The molecule has 0 spiro atoms. The number of hydrogen-bond acceptors (Lipinski definition) is 1. The molecule has 0 aromatic heterocycles. The van der Waals surface area contributed by atoms with Crippen molar-refractivity contribution in [2.75, 3.05) is 6.61 Å². The molecule has 0 fully saturated rings. The van der Waals surface area contributed by atoms with Crippen molar-refractivity contribution >= 4 is 11.6 Å². The molecule has 3 rings (SSSR count). The van der Waals surface area contributed by atoms with Crippen LogP contribution in [0, 0.1) is 0 Å². The van der Waals surface area contributed by atoms with Gasteiger partial charge in [-0.05, 0) is 22.8 Å². The summed E-state index contributed by atoms with van der Waals surface area (Å²) in [5, 5.41) is 11.1. The van der Waals surface area contributed by atoms with Crippen LogP contribution < -0.4 is 0 Å². The Morgan fingerprint density at radius 2 is 1.14 bits per heavy atom. The van der Waals surface area contributed by atoms with E-state index < -0.39 is 5.41 Å². The molecule has 0 bridgehead atoms. The quantitative estimate of drug-likeness (QED) is 0.695. The highest BCUT2D eigenvalue weighted by Crippen LogP contribution is 2.41. The second kappa shape index (κ2) is 6.35. The number of rotatable bonds is 4. The van der Waals surface area contributed by atoms with Crippen molar-refractivity contribution in [3.8, 4) is 0 Å². The average Bonchev–Trinajstić information content (AvgIpc) is 2.59. The zero-order valence-corrected chi connectivity index (χ0v) is 12.9. The average molecular weight is 309 g/mol. The van der Waals surface area contributed by atoms with E-state index in [0.29, 0.717) is 5.02 Å². The van der Waals surface area contributed by atoms with Gasteiger partial charge in [0, 0.05) is 5.02 Å². The van der Waals surface area contributed by atoms with Crippen molar-refractivity contribution in [3.63, 3.8) is 0 Å². The largest absolute Gasteiger partial charge is 0.395 e. The van der Waals surface area contributed by atoms with Gasteiger partial charge in [-0.3, -0.25) is 0 Å². The molecule has 0 saturated heterocycles. The van der Waals surface area contributed by atoms with Gasteiger partial charge in [0.15, 0.2) is 0 Å². The van der Waals surface area contributed by atoms with Crippen LogP contribution in [0.25, 0.3) is 0 Å². The monoisotopic (exact) mass is 308 g/mol. The van der Waals surface area contributed by atoms with Crippen molar-refractivity contribution in [1.29, 1.82) is 0 Å². The molecular formula is C20H17ClO. The highest BCUT2D eigenvalue weighted by atomic mass is 35.5. The van der Waals surface area contributed by atoms with Crippen LogP contribution in [0.2, 0.25) is 5.02 Å². The van der Waals surface area contributed by atoms with E-state index in [2.05, 4.69) is 0 Å². The summed E-state index contributed by atoms with van der Waals surface area (Å²) < 4.78 is 0. The van der Waals surface area contributed by atoms with Gasteiger partial charge in [-0.1, -0.05) is 90.5 Å². The standard InChI is InChI=1S/C20H17ClO/c21-19-14-8-7-13-18(19)20(15-22,16-9-3-1-4-10-16)17-11-5-2-6-12-17/h1-14,22H,15H2. The van der Waals surface area contributed by atoms with E-state index in [4.69, 9.17) is 11.6 Å². The van der Waals surface area contributed by atoms with Gasteiger partial charge < -0.3 is 5.11 Å². The number of halogens is 1. The molecule has 0 heterocycles. The minimum Gasteiger partial charge on any atom is -0.395 e. The van der Waals surface area contributed by atoms with Crippen molar-refractivity contribution in [2.45, 2.75) is 5.41 Å². The molecule has 0 aliphatic heterocycles. The van der Waals surface area contributed by atoms with E-state index in [0.717, 1.165) is 16.7 Å². The van der Waals surface area contributed by atoms with Crippen LogP contribution in [-0.2, 0) is 5.41 Å². The highest BCUT2D eigenvalue weighted by Gasteiger charge is 2.37. The molecular weight excluding hydrogens is 292 g/mol. The van der Waals surface area contributed by atoms with Gasteiger partial charge in [0.2, 0.25) is 0 Å². The number of hydrogen-bond donors (Lipinski definition) is 1. The molecule has 1 nitrogen and oxygen atoms in total. The predicted molar refractivity (Wildman–Crippen MR) is 91.3 cm³/mol. The van der Waals surface area contributed by atoms with Gasteiger partial charge in [0.1, 0.15) is 0 Å². The maximum Gasteiger partial charge on any atom is 0.0696 e. The molecule has 3 aromatic carbocycles. The first kappa shape index (κ1) is 14.8. The molecule has 0 unspecified atom stereocenters. The Labute approximate surface area is 135 Å². The van der Waals surface area contributed by atoms with Crippen molar-refractivity contribution in [2.24, 2.45) is 0 Å². The molecule has 3 aromatic rings. The summed E-state index contributed by atoms with van der Waals surface area (Å²) in [6.07, 6.45) is 0. The fourth-order valence-electron chi connectivity index (χ4n) is 3.00. The summed E-state index contributed by atoms with van der Waals surface area (Å²) in [5.41, 5.74) is 2.30. The first-order chi connectivity index (χ1) is 10.8. The molecule has 110 valence electrons. The highest BCUT2D eigenvalue weighted by molar-refractivity contribution is 6.31.